The van der Waals surface area contributed by atoms with E-state index in [0.29, 0.717) is 5.41 Å². The van der Waals surface area contributed by atoms with Gasteiger partial charge in [-0.2, -0.15) is 0 Å². The quantitative estimate of drug-likeness (QED) is 0.170. The van der Waals surface area contributed by atoms with E-state index < -0.39 is 0 Å². The Morgan fingerprint density at radius 3 is 0.615 bits per heavy atom. The molecule has 4 nitrogen and oxygen atoms in total. The second kappa shape index (κ2) is 47.0. The fourth-order valence-electron chi connectivity index (χ4n) is 32.2. The van der Waals surface area contributed by atoms with Gasteiger partial charge in [-0.1, -0.05) is 327 Å². The van der Waals surface area contributed by atoms with Gasteiger partial charge in [0.15, 0.2) is 0 Å². The largest absolute Gasteiger partial charge is 0.297 e. The molecule has 1 spiro atoms. The lowest BCUT2D eigenvalue weighted by atomic mass is 9.55. The summed E-state index contributed by atoms with van der Waals surface area (Å²) in [5, 5.41) is 0. The van der Waals surface area contributed by atoms with Crippen molar-refractivity contribution in [2.75, 3.05) is 6.54 Å². The molecule has 0 radical (unpaired) electrons. The van der Waals surface area contributed by atoms with Crippen LogP contribution in [0, 0.1) is 58.7 Å². The van der Waals surface area contributed by atoms with Crippen molar-refractivity contribution in [3.05, 3.63) is 0 Å². The Hall–Kier alpha value is -0.160. The maximum atomic E-state index is 3.58. The van der Waals surface area contributed by atoms with Crippen LogP contribution < -0.4 is 0 Å². The third kappa shape index (κ3) is 23.5. The van der Waals surface area contributed by atoms with Gasteiger partial charge in [0.05, 0.1) is 0 Å². The topological polar surface area (TPSA) is 13.0 Å². The van der Waals surface area contributed by atoms with Gasteiger partial charge in [0.25, 0.3) is 0 Å². The summed E-state index contributed by atoms with van der Waals surface area (Å²) >= 11 is 0. The van der Waals surface area contributed by atoms with Crippen LogP contribution >= 0.6 is 0 Å². The summed E-state index contributed by atoms with van der Waals surface area (Å²) in [4.78, 5) is 14.0. The Balaban J connectivity index is 0.853. The zero-order valence-electron chi connectivity index (χ0n) is 73.2. The maximum absolute atomic E-state index is 3.58. The first-order valence-electron chi connectivity index (χ1n) is 53.3. The molecule has 0 aromatic carbocycles. The van der Waals surface area contributed by atoms with Crippen LogP contribution in [0.2, 0.25) is 0 Å². The molecular formula is C105H188N4. The minimum absolute atomic E-state index is 0.566. The first-order chi connectivity index (χ1) is 54.2. The summed E-state index contributed by atoms with van der Waals surface area (Å²) in [6.45, 7) is 1.48. The van der Waals surface area contributed by atoms with Crippen LogP contribution in [0.25, 0.3) is 0 Å². The van der Waals surface area contributed by atoms with Gasteiger partial charge in [-0.25, -0.2) is 0 Å². The summed E-state index contributed by atoms with van der Waals surface area (Å²) in [5.41, 5.74) is 0.566. The highest BCUT2D eigenvalue weighted by Gasteiger charge is 2.71. The fraction of sp³-hybridized carbons (Fsp3) is 1.00. The summed E-state index contributed by atoms with van der Waals surface area (Å²) in [7, 11) is 0. The lowest BCUT2D eigenvalue weighted by Gasteiger charge is -2.50. The second-order valence-corrected chi connectivity index (χ2v) is 43.4. The van der Waals surface area contributed by atoms with Crippen molar-refractivity contribution in [1.29, 1.82) is 0 Å². The molecule has 14 aliphatic rings. The number of rotatable bonds is 13. The lowest BCUT2D eigenvalue weighted by molar-refractivity contribution is -0.0234. The van der Waals surface area contributed by atoms with Crippen LogP contribution in [-0.4, -0.2) is 92.6 Å². The average molecular weight is 1510 g/mol. The van der Waals surface area contributed by atoms with Gasteiger partial charge in [-0.15, -0.1) is 0 Å². The molecule has 4 heteroatoms. The van der Waals surface area contributed by atoms with Crippen molar-refractivity contribution in [2.45, 2.75) is 599 Å². The molecule has 0 amide bonds. The van der Waals surface area contributed by atoms with Crippen molar-refractivity contribution in [2.24, 2.45) is 58.7 Å². The van der Waals surface area contributed by atoms with E-state index in [-0.39, 0.29) is 0 Å². The first kappa shape index (κ1) is 85.3. The van der Waals surface area contributed by atoms with Gasteiger partial charge in [0, 0.05) is 73.0 Å². The zero-order valence-corrected chi connectivity index (χ0v) is 73.2. The van der Waals surface area contributed by atoms with Gasteiger partial charge >= 0.3 is 0 Å². The number of hydrogen-bond acceptors (Lipinski definition) is 4. The van der Waals surface area contributed by atoms with Crippen molar-refractivity contribution in [1.82, 2.24) is 19.6 Å². The Morgan fingerprint density at radius 1 is 0.138 bits per heavy atom. The Kier molecular flexibility index (Phi) is 36.8. The zero-order chi connectivity index (χ0) is 73.8. The van der Waals surface area contributed by atoms with Crippen molar-refractivity contribution < 1.29 is 0 Å². The average Bonchev–Trinajstić information content (AvgIpc) is 1.52. The third-order valence-electron chi connectivity index (χ3n) is 37.0. The molecule has 13 atom stereocenters. The normalized spacial score (nSPS) is 37.0. The van der Waals surface area contributed by atoms with Crippen LogP contribution in [0.1, 0.15) is 533 Å². The number of nitrogens with zero attached hydrogens (tertiary/aromatic N) is 4. The van der Waals surface area contributed by atoms with Crippen LogP contribution in [0.5, 0.6) is 0 Å². The molecular weight excluding hydrogens is 1320 g/mol. The Bertz CT molecular complexity index is 2330. The van der Waals surface area contributed by atoms with E-state index in [4.69, 9.17) is 0 Å². The molecule has 14 aliphatic carbocycles. The third-order valence-corrected chi connectivity index (χ3v) is 37.0. The second-order valence-electron chi connectivity index (χ2n) is 43.4. The Morgan fingerprint density at radius 2 is 0.312 bits per heavy atom. The predicted octanol–water partition coefficient (Wildman–Crippen LogP) is 31.3. The number of fused-ring (bicyclic) bond motifs is 10. The minimum atomic E-state index is 0.566. The van der Waals surface area contributed by atoms with E-state index in [1.54, 1.807) is 141 Å². The van der Waals surface area contributed by atoms with Crippen LogP contribution in [0.15, 0.2) is 0 Å². The molecule has 14 rings (SSSR count). The van der Waals surface area contributed by atoms with Gasteiger partial charge in [0.2, 0.25) is 0 Å². The van der Waals surface area contributed by atoms with E-state index in [9.17, 15) is 0 Å². The highest BCUT2D eigenvalue weighted by molar-refractivity contribution is 5.19. The molecule has 0 bridgehead atoms. The standard InChI is InChI=1S/C105H188N4/c1-2-4-17-35-67-92(66-34-16-3-1)109(93-68-44-26-13-27-45-69-93)96-79-82-100-99-81-78-95(108(91-64-42-24-12-25-43-65-91)90-62-38-20-9-10-21-39-63-90)70-46-47-75-101(99)105(104(100)83-80-96)102-76-49-53-85(84-106(87-56-32-28-29-33-57-87)86-54-30-14-5-6-15-31-55-86)52-48-73-97(102)98-74-50-71-94(72-51-77-103(98)105)107(89-60-40-22-11-23-41-61-89)88-58-36-18-7-8-19-37-59-88/h85-104H,1-84H2. The van der Waals surface area contributed by atoms with E-state index in [1.165, 1.54) is 398 Å². The van der Waals surface area contributed by atoms with E-state index >= 15 is 0 Å². The predicted molar refractivity (Wildman–Crippen MR) is 471 cm³/mol. The molecule has 0 N–H and O–H groups in total. The molecule has 628 valence electrons. The van der Waals surface area contributed by atoms with Crippen LogP contribution in [-0.2, 0) is 0 Å². The van der Waals surface area contributed by atoms with Gasteiger partial charge in [0.1, 0.15) is 0 Å². The molecule has 0 aromatic rings. The van der Waals surface area contributed by atoms with Crippen LogP contribution in [0.4, 0.5) is 0 Å². The minimum Gasteiger partial charge on any atom is -0.297 e. The van der Waals surface area contributed by atoms with Gasteiger partial charge in [-0.3, -0.25) is 19.6 Å². The SMILES string of the molecule is C1CCCCCC(N(C2CCCCCCC2)C2CCC3C4CCC(N(C5CCCCCCCC5)C5CCCCCCC5)CCCCC4C4(C5CCCC(CN(C6CCCCCCCC6)C6CCCCCC6)CCCC5C5CCCC(N(C6CCCCCCCC6)C6CCCCCCC6)CCCC54)C3CC2)CCCC1. The molecule has 0 aromatic heterocycles. The van der Waals surface area contributed by atoms with Gasteiger partial charge < -0.3 is 0 Å². The summed E-state index contributed by atoms with van der Waals surface area (Å²) in [5.74, 6) is 8.87. The van der Waals surface area contributed by atoms with E-state index in [2.05, 4.69) is 19.6 Å². The Labute approximate surface area is 680 Å². The molecule has 14 fully saturated rings. The van der Waals surface area contributed by atoms with Crippen LogP contribution in [0.3, 0.4) is 0 Å². The maximum Gasteiger partial charge on any atom is 0.0101 e. The fourth-order valence-corrected chi connectivity index (χ4v) is 32.2. The smallest absolute Gasteiger partial charge is 0.0101 e. The summed E-state index contributed by atoms with van der Waals surface area (Å²) in [6, 6.07) is 9.43. The molecule has 0 heterocycles. The van der Waals surface area contributed by atoms with Crippen molar-refractivity contribution in [3.8, 4) is 0 Å². The molecule has 13 unspecified atom stereocenters. The molecule has 109 heavy (non-hydrogen) atoms. The molecule has 14 saturated carbocycles. The lowest BCUT2D eigenvalue weighted by Crippen LogP contribution is -2.50. The van der Waals surface area contributed by atoms with E-state index in [1.807, 2.05) is 0 Å². The van der Waals surface area contributed by atoms with E-state index in [0.717, 1.165) is 120 Å². The van der Waals surface area contributed by atoms with Gasteiger partial charge in [-0.05, 0) is 264 Å². The highest BCUT2D eigenvalue weighted by atomic mass is 15.2. The first-order valence-corrected chi connectivity index (χ1v) is 53.3. The number of hydrogen-bond donors (Lipinski definition) is 0. The molecule has 0 aliphatic heterocycles. The molecule has 0 saturated heterocycles. The monoisotopic (exact) mass is 1510 g/mol. The van der Waals surface area contributed by atoms with Crippen molar-refractivity contribution in [3.63, 3.8) is 0 Å². The summed E-state index contributed by atoms with van der Waals surface area (Å²) < 4.78 is 0. The van der Waals surface area contributed by atoms with Crippen molar-refractivity contribution >= 4 is 0 Å². The summed E-state index contributed by atoms with van der Waals surface area (Å²) in [6.07, 6.45) is 128. The highest BCUT2D eigenvalue weighted by Crippen LogP contribution is 2.76.